The van der Waals surface area contributed by atoms with Gasteiger partial charge in [-0.2, -0.15) is 0 Å². The SMILES string of the molecule is CCCC[Si](C)(C)O[Si](C)(C)O[Si](C)(C)O[Si](C)(C)O[Si](C)(C)O[Si](C)(C)O[Si](C)(C)O[Si](C)(C)O[Si](C)(C)C. The van der Waals surface area contributed by atoms with E-state index in [1.807, 2.05) is 0 Å². The van der Waals surface area contributed by atoms with Crippen molar-refractivity contribution in [1.82, 2.24) is 0 Å². The van der Waals surface area contributed by atoms with Crippen LogP contribution in [0, 0.1) is 0 Å². The lowest BCUT2D eigenvalue weighted by molar-refractivity contribution is 0.260. The van der Waals surface area contributed by atoms with Crippen LogP contribution in [0.1, 0.15) is 19.8 Å². The lowest BCUT2D eigenvalue weighted by Crippen LogP contribution is -2.62. The lowest BCUT2D eigenvalue weighted by Gasteiger charge is -2.44. The van der Waals surface area contributed by atoms with Gasteiger partial charge in [0.25, 0.3) is 0 Å². The normalized spacial score (nSPS) is 15.6. The summed E-state index contributed by atoms with van der Waals surface area (Å²) in [7, 11) is -21.0. The molecule has 0 saturated carbocycles. The molecule has 0 saturated heterocycles. The van der Waals surface area contributed by atoms with Gasteiger partial charge in [0.05, 0.1) is 0 Å². The van der Waals surface area contributed by atoms with Crippen LogP contribution in [0.3, 0.4) is 0 Å². The van der Waals surface area contributed by atoms with Gasteiger partial charge in [0.15, 0.2) is 16.6 Å². The molecule has 0 radical (unpaired) electrons. The second kappa shape index (κ2) is 14.4. The molecule has 0 heterocycles. The Hall–Kier alpha value is 1.63. The van der Waals surface area contributed by atoms with Crippen LogP contribution in [-0.4, -0.2) is 76.6 Å². The summed E-state index contributed by atoms with van der Waals surface area (Å²) in [5, 5.41) is 0. The average molecular weight is 724 g/mol. The van der Waals surface area contributed by atoms with Crippen molar-refractivity contribution >= 4 is 76.6 Å². The van der Waals surface area contributed by atoms with Crippen LogP contribution < -0.4 is 0 Å². The average Bonchev–Trinajstić information content (AvgIpc) is 2.48. The van der Waals surface area contributed by atoms with E-state index >= 15 is 0 Å². The predicted molar refractivity (Wildman–Crippen MR) is 192 cm³/mol. The first kappa shape index (κ1) is 41.6. The van der Waals surface area contributed by atoms with Crippen molar-refractivity contribution in [2.24, 2.45) is 0 Å². The number of hydrogen-bond donors (Lipinski definition) is 0. The van der Waals surface area contributed by atoms with Crippen molar-refractivity contribution in [1.29, 1.82) is 0 Å². The van der Waals surface area contributed by atoms with Crippen LogP contribution in [0.2, 0.25) is 130 Å². The predicted octanol–water partition coefficient (Wildman–Crippen LogP) is 8.87. The van der Waals surface area contributed by atoms with Gasteiger partial charge in [0.2, 0.25) is 0 Å². The number of unbranched alkanes of at least 4 members (excludes halogenated alkanes) is 1. The Morgan fingerprint density at radius 1 is 0.325 bits per heavy atom. The molecule has 0 unspecified atom stereocenters. The van der Waals surface area contributed by atoms with Gasteiger partial charge in [0, 0.05) is 0 Å². The standard InChI is InChI=1S/C23H66O8Si9/c1-21-22-23-33(5,6)25-35(9,10)27-37(13,14)29-39(17,18)31-40(19,20)30-38(15,16)28-36(11,12)26-34(7,8)24-32(2,3)4/h21-23H2,1-20H3. The Morgan fingerprint density at radius 3 is 0.775 bits per heavy atom. The van der Waals surface area contributed by atoms with Crippen LogP contribution in [0.4, 0.5) is 0 Å². The summed E-state index contributed by atoms with van der Waals surface area (Å²) in [6.07, 6.45) is 2.39. The highest BCUT2D eigenvalue weighted by Gasteiger charge is 2.49. The summed E-state index contributed by atoms with van der Waals surface area (Å²) in [6.45, 7) is 42.9. The van der Waals surface area contributed by atoms with Gasteiger partial charge in [0.1, 0.15) is 0 Å². The van der Waals surface area contributed by atoms with Crippen molar-refractivity contribution < 1.29 is 32.9 Å². The van der Waals surface area contributed by atoms with Crippen LogP contribution >= 0.6 is 0 Å². The molecule has 0 fully saturated rings. The Balaban J connectivity index is 5.37. The summed E-state index contributed by atoms with van der Waals surface area (Å²) in [4.78, 5) is 0. The molecule has 0 amide bonds. The molecule has 17 heteroatoms. The fourth-order valence-corrected chi connectivity index (χ4v) is 50.8. The molecule has 0 bridgehead atoms. The molecular weight excluding hydrogens is 657 g/mol. The summed E-state index contributed by atoms with van der Waals surface area (Å²) >= 11 is 0. The van der Waals surface area contributed by atoms with E-state index in [0.29, 0.717) is 0 Å². The van der Waals surface area contributed by atoms with E-state index in [9.17, 15) is 0 Å². The lowest BCUT2D eigenvalue weighted by atomic mass is 10.4. The van der Waals surface area contributed by atoms with Crippen LogP contribution in [-0.2, 0) is 32.9 Å². The third-order valence-corrected chi connectivity index (χ3v) is 38.9. The third kappa shape index (κ3) is 19.8. The molecule has 0 aliphatic rings. The van der Waals surface area contributed by atoms with E-state index < -0.39 is 76.6 Å². The zero-order valence-electron chi connectivity index (χ0n) is 29.9. The third-order valence-electron chi connectivity index (χ3n) is 5.16. The summed E-state index contributed by atoms with van der Waals surface area (Å²) in [5.74, 6) is 0. The van der Waals surface area contributed by atoms with Gasteiger partial charge in [-0.25, -0.2) is 0 Å². The largest absolute Gasteiger partial charge is 0.437 e. The van der Waals surface area contributed by atoms with Crippen molar-refractivity contribution in [3.8, 4) is 0 Å². The molecule has 0 atom stereocenters. The summed E-state index contributed by atoms with van der Waals surface area (Å²) in [6, 6.07) is 1.16. The van der Waals surface area contributed by atoms with Gasteiger partial charge in [-0.1, -0.05) is 19.8 Å². The number of rotatable bonds is 19. The molecule has 8 nitrogen and oxygen atoms in total. The minimum absolute atomic E-state index is 1.16. The first-order chi connectivity index (χ1) is 17.2. The summed E-state index contributed by atoms with van der Waals surface area (Å²) in [5.41, 5.74) is 0. The second-order valence-electron chi connectivity index (χ2n) is 15.6. The van der Waals surface area contributed by atoms with Crippen molar-refractivity contribution in [3.05, 3.63) is 0 Å². The van der Waals surface area contributed by atoms with Gasteiger partial charge in [-0.3, -0.25) is 0 Å². The van der Waals surface area contributed by atoms with E-state index in [1.54, 1.807) is 0 Å². The van der Waals surface area contributed by atoms with E-state index in [0.717, 1.165) is 6.04 Å². The maximum absolute atomic E-state index is 6.74. The van der Waals surface area contributed by atoms with E-state index in [2.05, 4.69) is 131 Å². The maximum atomic E-state index is 6.74. The Bertz CT molecular complexity index is 798. The Labute approximate surface area is 258 Å². The quantitative estimate of drug-likeness (QED) is 0.123. The van der Waals surface area contributed by atoms with Gasteiger partial charge < -0.3 is 32.9 Å². The van der Waals surface area contributed by atoms with Crippen molar-refractivity contribution in [3.63, 3.8) is 0 Å². The minimum atomic E-state index is -2.60. The van der Waals surface area contributed by atoms with Gasteiger partial charge in [-0.05, 0) is 130 Å². The van der Waals surface area contributed by atoms with Gasteiger partial charge >= 0.3 is 59.9 Å². The molecule has 40 heavy (non-hydrogen) atoms. The van der Waals surface area contributed by atoms with E-state index in [-0.39, 0.29) is 0 Å². The second-order valence-corrected chi connectivity index (χ2v) is 50.0. The molecule has 0 aromatic rings. The fourth-order valence-electron chi connectivity index (χ4n) is 5.75. The first-order valence-corrected chi connectivity index (χ1v) is 41.1. The van der Waals surface area contributed by atoms with Crippen molar-refractivity contribution in [2.75, 3.05) is 0 Å². The maximum Gasteiger partial charge on any atom is 0.314 e. The molecule has 0 rings (SSSR count). The van der Waals surface area contributed by atoms with Crippen molar-refractivity contribution in [2.45, 2.75) is 150 Å². The Kier molecular flexibility index (Phi) is 15.0. The molecular formula is C23H66O8Si9. The molecule has 0 aliphatic carbocycles. The summed E-state index contributed by atoms with van der Waals surface area (Å²) < 4.78 is 53.3. The van der Waals surface area contributed by atoms with E-state index in [1.165, 1.54) is 12.8 Å². The van der Waals surface area contributed by atoms with E-state index in [4.69, 9.17) is 32.9 Å². The molecule has 242 valence electrons. The molecule has 0 spiro atoms. The molecule has 0 N–H and O–H groups in total. The first-order valence-electron chi connectivity index (χ1n) is 14.8. The highest BCUT2D eigenvalue weighted by atomic mass is 28.5. The number of hydrogen-bond acceptors (Lipinski definition) is 8. The smallest absolute Gasteiger partial charge is 0.314 e. The highest BCUT2D eigenvalue weighted by molar-refractivity contribution is 6.92. The fraction of sp³-hybridized carbons (Fsp3) is 1.00. The highest BCUT2D eigenvalue weighted by Crippen LogP contribution is 2.30. The molecule has 0 aliphatic heterocycles. The zero-order valence-corrected chi connectivity index (χ0v) is 38.9. The Morgan fingerprint density at radius 2 is 0.550 bits per heavy atom. The monoisotopic (exact) mass is 722 g/mol. The zero-order chi connectivity index (χ0) is 32.3. The van der Waals surface area contributed by atoms with Gasteiger partial charge in [-0.15, -0.1) is 0 Å². The van der Waals surface area contributed by atoms with Crippen LogP contribution in [0.5, 0.6) is 0 Å². The molecule has 0 aromatic heterocycles. The molecule has 0 aromatic carbocycles. The van der Waals surface area contributed by atoms with Crippen LogP contribution in [0.15, 0.2) is 0 Å². The minimum Gasteiger partial charge on any atom is -0.437 e. The topological polar surface area (TPSA) is 73.8 Å². The van der Waals surface area contributed by atoms with Crippen LogP contribution in [0.25, 0.3) is 0 Å².